The van der Waals surface area contributed by atoms with Gasteiger partial charge < -0.3 is 20.1 Å². The van der Waals surface area contributed by atoms with Gasteiger partial charge in [0.1, 0.15) is 12.3 Å². The number of esters is 1. The van der Waals surface area contributed by atoms with E-state index < -0.39 is 42.2 Å². The van der Waals surface area contributed by atoms with Crippen LogP contribution in [0.1, 0.15) is 29.8 Å². The first-order valence-corrected chi connectivity index (χ1v) is 9.28. The molecular formula is C21H21F3N2O5. The lowest BCUT2D eigenvalue weighted by Crippen LogP contribution is -2.35. The first-order chi connectivity index (χ1) is 14.6. The monoisotopic (exact) mass is 438 g/mol. The van der Waals surface area contributed by atoms with E-state index in [0.717, 1.165) is 24.3 Å². The highest BCUT2D eigenvalue weighted by molar-refractivity contribution is 5.97. The minimum Gasteiger partial charge on any atom is -0.494 e. The molecule has 2 aromatic rings. The van der Waals surface area contributed by atoms with Crippen LogP contribution in [0.3, 0.4) is 0 Å². The van der Waals surface area contributed by atoms with Gasteiger partial charge in [-0.1, -0.05) is 0 Å². The Morgan fingerprint density at radius 2 is 1.61 bits per heavy atom. The van der Waals surface area contributed by atoms with Crippen LogP contribution in [0.15, 0.2) is 48.5 Å². The second kappa shape index (κ2) is 10.5. The minimum absolute atomic E-state index is 0.115. The van der Waals surface area contributed by atoms with Gasteiger partial charge in [0, 0.05) is 11.3 Å². The second-order valence-electron chi connectivity index (χ2n) is 6.34. The van der Waals surface area contributed by atoms with Crippen LogP contribution in [0.2, 0.25) is 0 Å². The van der Waals surface area contributed by atoms with Crippen LogP contribution in [0.25, 0.3) is 0 Å². The quantitative estimate of drug-likeness (QED) is 0.617. The third kappa shape index (κ3) is 7.32. The number of amides is 2. The maximum atomic E-state index is 12.6. The van der Waals surface area contributed by atoms with E-state index in [-0.39, 0.29) is 5.69 Å². The fraction of sp³-hybridized carbons (Fsp3) is 0.286. The molecule has 10 heteroatoms. The summed E-state index contributed by atoms with van der Waals surface area (Å²) in [6.07, 6.45) is -5.71. The molecule has 0 heterocycles. The van der Waals surface area contributed by atoms with Gasteiger partial charge in [-0.25, -0.2) is 0 Å². The first-order valence-electron chi connectivity index (χ1n) is 9.28. The first kappa shape index (κ1) is 23.7. The highest BCUT2D eigenvalue weighted by Gasteiger charge is 2.30. The lowest BCUT2D eigenvalue weighted by Gasteiger charge is -2.14. The fourth-order valence-electron chi connectivity index (χ4n) is 2.40. The smallest absolute Gasteiger partial charge is 0.416 e. The number of alkyl halides is 3. The van der Waals surface area contributed by atoms with Crippen LogP contribution in [0.5, 0.6) is 5.75 Å². The van der Waals surface area contributed by atoms with E-state index in [0.29, 0.717) is 17.9 Å². The Morgan fingerprint density at radius 1 is 1.00 bits per heavy atom. The maximum absolute atomic E-state index is 12.6. The Bertz CT molecular complexity index is 912. The molecule has 166 valence electrons. The summed E-state index contributed by atoms with van der Waals surface area (Å²) >= 11 is 0. The molecule has 0 aromatic heterocycles. The van der Waals surface area contributed by atoms with Crippen molar-refractivity contribution < 1.29 is 37.0 Å². The molecule has 1 atom stereocenters. The molecule has 7 nitrogen and oxygen atoms in total. The molecule has 0 aliphatic heterocycles. The van der Waals surface area contributed by atoms with Gasteiger partial charge in [0.05, 0.1) is 12.2 Å². The minimum atomic E-state index is -4.49. The van der Waals surface area contributed by atoms with E-state index in [1.807, 2.05) is 6.92 Å². The van der Waals surface area contributed by atoms with Crippen molar-refractivity contribution in [2.75, 3.05) is 18.5 Å². The topological polar surface area (TPSA) is 93.7 Å². The predicted octanol–water partition coefficient (Wildman–Crippen LogP) is 3.40. The van der Waals surface area contributed by atoms with Gasteiger partial charge in [-0.2, -0.15) is 13.2 Å². The molecule has 0 aliphatic rings. The molecule has 31 heavy (non-hydrogen) atoms. The van der Waals surface area contributed by atoms with Gasteiger partial charge in [0.15, 0.2) is 6.10 Å². The zero-order chi connectivity index (χ0) is 23.0. The molecule has 0 fully saturated rings. The number of hydrogen-bond donors (Lipinski definition) is 2. The van der Waals surface area contributed by atoms with Gasteiger partial charge in [-0.3, -0.25) is 14.4 Å². The van der Waals surface area contributed by atoms with Crippen molar-refractivity contribution in [1.82, 2.24) is 5.32 Å². The number of benzene rings is 2. The van der Waals surface area contributed by atoms with Crippen LogP contribution in [-0.2, 0) is 20.5 Å². The van der Waals surface area contributed by atoms with Gasteiger partial charge in [0.25, 0.3) is 11.8 Å². The Balaban J connectivity index is 1.80. The summed E-state index contributed by atoms with van der Waals surface area (Å²) in [4.78, 5) is 36.0. The fourth-order valence-corrected chi connectivity index (χ4v) is 2.40. The Labute approximate surface area is 176 Å². The molecule has 0 saturated carbocycles. The third-order valence-electron chi connectivity index (χ3n) is 3.98. The van der Waals surface area contributed by atoms with Gasteiger partial charge in [-0.05, 0) is 62.4 Å². The lowest BCUT2D eigenvalue weighted by molar-refractivity contribution is -0.152. The van der Waals surface area contributed by atoms with E-state index in [9.17, 15) is 27.6 Å². The average molecular weight is 438 g/mol. The highest BCUT2D eigenvalue weighted by atomic mass is 19.4. The van der Waals surface area contributed by atoms with Crippen LogP contribution < -0.4 is 15.4 Å². The van der Waals surface area contributed by atoms with E-state index in [1.165, 1.54) is 19.1 Å². The molecule has 0 unspecified atom stereocenters. The standard InChI is InChI=1S/C21H21F3N2O5/c1-3-30-17-10-4-14(5-11-17)20(29)25-12-18(27)31-13(2)19(28)26-16-8-6-15(7-9-16)21(22,23)24/h4-11,13H,3,12H2,1-2H3,(H,25,29)(H,26,28)/t13-/m0/s1. The molecule has 0 spiro atoms. The zero-order valence-corrected chi connectivity index (χ0v) is 16.8. The molecule has 2 rings (SSSR count). The number of hydrogen-bond acceptors (Lipinski definition) is 5. The summed E-state index contributed by atoms with van der Waals surface area (Å²) in [5.41, 5.74) is -0.428. The number of halogens is 3. The molecule has 2 amide bonds. The summed E-state index contributed by atoms with van der Waals surface area (Å²) < 4.78 is 47.9. The molecule has 0 bridgehead atoms. The summed E-state index contributed by atoms with van der Waals surface area (Å²) in [6, 6.07) is 10.1. The number of rotatable bonds is 8. The van der Waals surface area contributed by atoms with Crippen molar-refractivity contribution in [1.29, 1.82) is 0 Å². The second-order valence-corrected chi connectivity index (χ2v) is 6.34. The van der Waals surface area contributed by atoms with Crippen molar-refractivity contribution in [2.45, 2.75) is 26.1 Å². The lowest BCUT2D eigenvalue weighted by atomic mass is 10.2. The van der Waals surface area contributed by atoms with Crippen LogP contribution in [0.4, 0.5) is 18.9 Å². The van der Waals surface area contributed by atoms with E-state index in [1.54, 1.807) is 12.1 Å². The average Bonchev–Trinajstić information content (AvgIpc) is 2.72. The SMILES string of the molecule is CCOc1ccc(C(=O)NCC(=O)O[C@@H](C)C(=O)Nc2ccc(C(F)(F)F)cc2)cc1. The molecular weight excluding hydrogens is 417 g/mol. The van der Waals surface area contributed by atoms with Crippen molar-refractivity contribution in [3.05, 3.63) is 59.7 Å². The van der Waals surface area contributed by atoms with Gasteiger partial charge >= 0.3 is 12.1 Å². The molecule has 2 aromatic carbocycles. The van der Waals surface area contributed by atoms with Crippen LogP contribution >= 0.6 is 0 Å². The van der Waals surface area contributed by atoms with E-state index >= 15 is 0 Å². The number of anilines is 1. The number of carbonyl (C=O) groups excluding carboxylic acids is 3. The molecule has 0 aliphatic carbocycles. The van der Waals surface area contributed by atoms with Crippen LogP contribution in [0, 0.1) is 0 Å². The third-order valence-corrected chi connectivity index (χ3v) is 3.98. The summed E-state index contributed by atoms with van der Waals surface area (Å²) in [5.74, 6) is -1.49. The zero-order valence-electron chi connectivity index (χ0n) is 16.8. The van der Waals surface area contributed by atoms with E-state index in [4.69, 9.17) is 9.47 Å². The normalized spacial score (nSPS) is 11.9. The van der Waals surface area contributed by atoms with Crippen LogP contribution in [-0.4, -0.2) is 37.0 Å². The summed E-state index contributed by atoms with van der Waals surface area (Å²) in [5, 5.41) is 4.72. The molecule has 0 radical (unpaired) electrons. The number of ether oxygens (including phenoxy) is 2. The van der Waals surface area contributed by atoms with Crippen molar-refractivity contribution >= 4 is 23.5 Å². The molecule has 0 saturated heterocycles. The van der Waals surface area contributed by atoms with Gasteiger partial charge in [0.2, 0.25) is 0 Å². The van der Waals surface area contributed by atoms with Gasteiger partial charge in [-0.15, -0.1) is 0 Å². The molecule has 2 N–H and O–H groups in total. The van der Waals surface area contributed by atoms with Crippen molar-refractivity contribution in [3.8, 4) is 5.75 Å². The van der Waals surface area contributed by atoms with Crippen molar-refractivity contribution in [3.63, 3.8) is 0 Å². The number of nitrogens with one attached hydrogen (secondary N) is 2. The Morgan fingerprint density at radius 3 is 2.16 bits per heavy atom. The van der Waals surface area contributed by atoms with E-state index in [2.05, 4.69) is 10.6 Å². The highest BCUT2D eigenvalue weighted by Crippen LogP contribution is 2.29. The van der Waals surface area contributed by atoms with Crippen molar-refractivity contribution in [2.24, 2.45) is 0 Å². The Hall–Kier alpha value is -3.56. The Kier molecular flexibility index (Phi) is 8.00. The maximum Gasteiger partial charge on any atom is 0.416 e. The summed E-state index contributed by atoms with van der Waals surface area (Å²) in [6.45, 7) is 3.15. The largest absolute Gasteiger partial charge is 0.494 e. The number of carbonyl (C=O) groups is 3. The predicted molar refractivity (Wildman–Crippen MR) is 106 cm³/mol. The summed E-state index contributed by atoms with van der Waals surface area (Å²) in [7, 11) is 0.